The molecule has 66 valence electrons. The Labute approximate surface area is 70.0 Å². The van der Waals surface area contributed by atoms with Crippen LogP contribution in [0.15, 0.2) is 0 Å². The van der Waals surface area contributed by atoms with Crippen molar-refractivity contribution in [3.8, 4) is 0 Å². The van der Waals surface area contributed by atoms with Gasteiger partial charge in [0, 0.05) is 7.29 Å². The lowest BCUT2D eigenvalue weighted by Crippen LogP contribution is -2.25. The van der Waals surface area contributed by atoms with E-state index in [-0.39, 0.29) is 25.0 Å². The van der Waals surface area contributed by atoms with Crippen molar-refractivity contribution in [2.45, 2.75) is 46.0 Å². The molecule has 1 unspecified atom stereocenters. The summed E-state index contributed by atoms with van der Waals surface area (Å²) in [6.07, 6.45) is -0.599. The number of hydrogen-bond acceptors (Lipinski definition) is 2. The van der Waals surface area contributed by atoms with Gasteiger partial charge < -0.3 is 9.84 Å². The molecule has 1 aliphatic rings. The predicted molar refractivity (Wildman–Crippen MR) is 44.3 cm³/mol. The molecule has 0 aliphatic carbocycles. The Morgan fingerprint density at radius 1 is 1.55 bits per heavy atom. The summed E-state index contributed by atoms with van der Waals surface area (Å²) in [4.78, 5) is 0. The van der Waals surface area contributed by atoms with E-state index in [1.165, 1.54) is 0 Å². The molecule has 2 nitrogen and oxygen atoms in total. The van der Waals surface area contributed by atoms with Gasteiger partial charge in [0.15, 0.2) is 0 Å². The summed E-state index contributed by atoms with van der Waals surface area (Å²) in [5.41, 5.74) is 0. The molecule has 1 saturated heterocycles. The molecule has 2 heteroatoms. The maximum Gasteiger partial charge on any atom is 0.0849 e. The minimum Gasteiger partial charge on any atom is -0.390 e. The van der Waals surface area contributed by atoms with E-state index in [9.17, 15) is 5.11 Å². The Balaban J connectivity index is 2.60. The lowest BCUT2D eigenvalue weighted by Gasteiger charge is -2.18. The lowest BCUT2D eigenvalue weighted by atomic mass is 9.92. The van der Waals surface area contributed by atoms with Gasteiger partial charge in [0.25, 0.3) is 0 Å². The maximum absolute atomic E-state index is 9.63. The van der Waals surface area contributed by atoms with Gasteiger partial charge in [0.1, 0.15) is 0 Å². The van der Waals surface area contributed by atoms with Gasteiger partial charge in [-0.3, -0.25) is 0 Å². The summed E-state index contributed by atoms with van der Waals surface area (Å²) in [5.74, 6) is 0.589. The highest BCUT2D eigenvalue weighted by molar-refractivity contribution is 4.86. The second kappa shape index (κ2) is 3.11. The van der Waals surface area contributed by atoms with E-state index >= 15 is 0 Å². The summed E-state index contributed by atoms with van der Waals surface area (Å²) >= 11 is 0. The van der Waals surface area contributed by atoms with E-state index in [2.05, 4.69) is 13.8 Å². The fourth-order valence-corrected chi connectivity index (χ4v) is 1.70. The Hall–Kier alpha value is -0.0800. The van der Waals surface area contributed by atoms with Crippen LogP contribution >= 0.6 is 0 Å². The molecule has 0 aromatic rings. The highest BCUT2D eigenvalue weighted by Gasteiger charge is 2.39. The van der Waals surface area contributed by atoms with Crippen LogP contribution in [-0.2, 0) is 4.74 Å². The van der Waals surface area contributed by atoms with E-state index < -0.39 is 6.10 Å². The fourth-order valence-electron chi connectivity index (χ4n) is 1.70. The van der Waals surface area contributed by atoms with Crippen molar-refractivity contribution in [1.82, 2.24) is 0 Å². The largest absolute Gasteiger partial charge is 0.390 e. The first kappa shape index (κ1) is 7.56. The van der Waals surface area contributed by atoms with Crippen molar-refractivity contribution in [1.29, 1.82) is 0 Å². The highest BCUT2D eigenvalue weighted by atomic mass is 16.5. The average Bonchev–Trinajstić information content (AvgIpc) is 2.30. The molecule has 0 radical (unpaired) electrons. The first-order chi connectivity index (χ1) is 5.57. The second-order valence-corrected chi connectivity index (χ2v) is 3.73. The maximum atomic E-state index is 9.63. The minimum absolute atomic E-state index is 0.121. The smallest absolute Gasteiger partial charge is 0.0849 e. The van der Waals surface area contributed by atoms with Crippen LogP contribution < -0.4 is 0 Å². The molecular formula is C9H18O2. The number of aliphatic hydroxyl groups excluding tert-OH is 1. The lowest BCUT2D eigenvalue weighted by molar-refractivity contribution is 0.00364. The third-order valence-corrected chi connectivity index (χ3v) is 2.43. The van der Waals surface area contributed by atoms with Crippen molar-refractivity contribution in [2.24, 2.45) is 11.8 Å². The van der Waals surface area contributed by atoms with Gasteiger partial charge in [-0.05, 0) is 12.8 Å². The molecule has 1 rings (SSSR count). The Bertz CT molecular complexity index is 149. The van der Waals surface area contributed by atoms with Crippen molar-refractivity contribution in [3.05, 3.63) is 0 Å². The molecule has 1 N–H and O–H groups in total. The zero-order chi connectivity index (χ0) is 9.30. The highest BCUT2D eigenvalue weighted by Crippen LogP contribution is 2.30. The number of rotatable bonds is 1. The molecule has 0 amide bonds. The normalized spacial score (nSPS) is 46.5. The summed E-state index contributed by atoms with van der Waals surface area (Å²) in [5, 5.41) is 9.63. The molecule has 1 fully saturated rings. The van der Waals surface area contributed by atoms with Crippen LogP contribution in [0.4, 0.5) is 0 Å². The quantitative estimate of drug-likeness (QED) is 0.627. The Morgan fingerprint density at radius 2 is 2.18 bits per heavy atom. The molecule has 0 aromatic heterocycles. The van der Waals surface area contributed by atoms with Crippen LogP contribution in [-0.4, -0.2) is 23.4 Å². The fraction of sp³-hybridized carbons (Fsp3) is 1.00. The van der Waals surface area contributed by atoms with E-state index in [0.29, 0.717) is 5.92 Å². The van der Waals surface area contributed by atoms with Gasteiger partial charge in [0.2, 0.25) is 0 Å². The number of ether oxygens (including phenoxy) is 1. The van der Waals surface area contributed by atoms with Gasteiger partial charge in [-0.25, -0.2) is 0 Å². The van der Waals surface area contributed by atoms with Crippen molar-refractivity contribution >= 4 is 0 Å². The van der Waals surface area contributed by atoms with Crippen LogP contribution in [0.25, 0.3) is 0 Å². The molecule has 11 heavy (non-hydrogen) atoms. The Morgan fingerprint density at radius 3 is 2.45 bits per heavy atom. The first-order valence-electron chi connectivity index (χ1n) is 4.91. The minimum atomic E-state index is -0.449. The van der Waals surface area contributed by atoms with E-state index in [4.69, 9.17) is 6.11 Å². The third-order valence-electron chi connectivity index (χ3n) is 2.43. The van der Waals surface area contributed by atoms with Crippen LogP contribution in [0.5, 0.6) is 0 Å². The van der Waals surface area contributed by atoms with E-state index in [0.717, 1.165) is 0 Å². The summed E-state index contributed by atoms with van der Waals surface area (Å²) in [6, 6.07) is 0. The number of aliphatic hydroxyl groups is 1. The molecule has 0 saturated carbocycles. The summed E-state index contributed by atoms with van der Waals surface area (Å²) in [6.45, 7) is 6.32. The number of hydrogen-bond donors (Lipinski definition) is 1. The predicted octanol–water partition coefficient (Wildman–Crippen LogP) is 1.43. The van der Waals surface area contributed by atoms with Gasteiger partial charge in [-0.2, -0.15) is 0 Å². The zero-order valence-corrected chi connectivity index (χ0v) is 7.45. The average molecular weight is 159 g/mol. The van der Waals surface area contributed by atoms with Gasteiger partial charge in [-0.1, -0.05) is 20.8 Å². The van der Waals surface area contributed by atoms with Crippen LogP contribution in [0.1, 0.15) is 29.0 Å². The van der Waals surface area contributed by atoms with Crippen LogP contribution in [0.2, 0.25) is 0 Å². The topological polar surface area (TPSA) is 29.5 Å². The van der Waals surface area contributed by atoms with Crippen LogP contribution in [0, 0.1) is 11.8 Å². The van der Waals surface area contributed by atoms with Crippen molar-refractivity contribution in [3.63, 3.8) is 0 Å². The van der Waals surface area contributed by atoms with Crippen molar-refractivity contribution in [2.75, 3.05) is 0 Å². The summed E-state index contributed by atoms with van der Waals surface area (Å²) < 4.78 is 12.7. The van der Waals surface area contributed by atoms with Gasteiger partial charge in [-0.15, -0.1) is 0 Å². The molecule has 4 atom stereocenters. The molecule has 1 heterocycles. The molecule has 0 spiro atoms. The Kier molecular flexibility index (Phi) is 2.14. The summed E-state index contributed by atoms with van der Waals surface area (Å²) in [7, 11) is 0. The zero-order valence-electron chi connectivity index (χ0n) is 8.45. The molecule has 1 aliphatic heterocycles. The van der Waals surface area contributed by atoms with Gasteiger partial charge in [0.05, 0.1) is 18.3 Å². The molecule has 0 bridgehead atoms. The van der Waals surface area contributed by atoms with E-state index in [1.54, 1.807) is 0 Å². The standard InChI is InChI=1S/C9H18O2/c1-5(2)9-6(3)8(10)7(4)11-9/h5-10H,1-4H3/t6?,7-,8-,9+/m1/s1/i4D. The first-order valence-corrected chi connectivity index (χ1v) is 4.20. The van der Waals surface area contributed by atoms with Gasteiger partial charge >= 0.3 is 0 Å². The second-order valence-electron chi connectivity index (χ2n) is 3.73. The molecular weight excluding hydrogens is 140 g/mol. The third kappa shape index (κ3) is 1.57. The molecule has 0 aromatic carbocycles. The van der Waals surface area contributed by atoms with E-state index in [1.807, 2.05) is 6.92 Å². The monoisotopic (exact) mass is 159 g/mol. The van der Waals surface area contributed by atoms with Crippen LogP contribution in [0.3, 0.4) is 0 Å². The van der Waals surface area contributed by atoms with Crippen molar-refractivity contribution < 1.29 is 11.2 Å². The SMILES string of the molecule is [2H]C[C@H]1O[C@@H](C(C)C)C(C)[C@H]1O.